The standard InChI is InChI=1S/C13H13NS.C2H6/c1-14-10-6-2-4-8-12(10)15-13-9-5-3-7-11(13)14;1-2/h2-10,12H,1H3;1-2H3. The van der Waals surface area contributed by atoms with E-state index >= 15 is 0 Å². The van der Waals surface area contributed by atoms with Gasteiger partial charge in [-0.05, 0) is 12.1 Å². The highest BCUT2D eigenvalue weighted by Gasteiger charge is 2.30. The minimum atomic E-state index is 0.509. The van der Waals surface area contributed by atoms with Gasteiger partial charge >= 0.3 is 0 Å². The summed E-state index contributed by atoms with van der Waals surface area (Å²) in [7, 11) is 2.18. The SMILES string of the molecule is CC.CN1c2ccccc2SC2C=CC=CC21. The van der Waals surface area contributed by atoms with Crippen LogP contribution in [0.4, 0.5) is 5.69 Å². The first-order valence-corrected chi connectivity index (χ1v) is 7.08. The Labute approximate surface area is 108 Å². The normalized spacial score (nSPS) is 24.5. The first-order chi connectivity index (χ1) is 8.36. The summed E-state index contributed by atoms with van der Waals surface area (Å²) in [4.78, 5) is 3.76. The molecular formula is C15H19NS. The Kier molecular flexibility index (Phi) is 3.95. The number of hydrogen-bond donors (Lipinski definition) is 0. The van der Waals surface area contributed by atoms with Crippen LogP contribution in [-0.2, 0) is 0 Å². The van der Waals surface area contributed by atoms with E-state index in [2.05, 4.69) is 60.5 Å². The molecule has 2 atom stereocenters. The van der Waals surface area contributed by atoms with Crippen LogP contribution in [0.15, 0.2) is 53.5 Å². The number of para-hydroxylation sites is 1. The van der Waals surface area contributed by atoms with Crippen molar-refractivity contribution >= 4 is 17.4 Å². The number of anilines is 1. The predicted octanol–water partition coefficient (Wildman–Crippen LogP) is 4.12. The van der Waals surface area contributed by atoms with Gasteiger partial charge in [-0.15, -0.1) is 11.8 Å². The molecule has 1 heterocycles. The highest BCUT2D eigenvalue weighted by molar-refractivity contribution is 8.00. The number of hydrogen-bond acceptors (Lipinski definition) is 2. The largest absolute Gasteiger partial charge is 0.366 e. The lowest BCUT2D eigenvalue weighted by molar-refractivity contribution is 0.746. The number of benzene rings is 1. The van der Waals surface area contributed by atoms with Crippen molar-refractivity contribution in [3.8, 4) is 0 Å². The summed E-state index contributed by atoms with van der Waals surface area (Å²) in [5, 5.41) is 0.565. The fourth-order valence-corrected chi connectivity index (χ4v) is 3.55. The van der Waals surface area contributed by atoms with Gasteiger partial charge in [-0.25, -0.2) is 0 Å². The molecule has 1 aliphatic carbocycles. The first-order valence-electron chi connectivity index (χ1n) is 6.20. The molecule has 0 spiro atoms. The Morgan fingerprint density at radius 2 is 1.76 bits per heavy atom. The molecule has 3 rings (SSSR count). The molecule has 0 fully saturated rings. The second-order valence-electron chi connectivity index (χ2n) is 3.92. The predicted molar refractivity (Wildman–Crippen MR) is 77.9 cm³/mol. The molecule has 1 aromatic carbocycles. The Morgan fingerprint density at radius 3 is 2.59 bits per heavy atom. The van der Waals surface area contributed by atoms with Gasteiger partial charge in [0.05, 0.1) is 17.0 Å². The van der Waals surface area contributed by atoms with Gasteiger partial charge < -0.3 is 4.90 Å². The summed E-state index contributed by atoms with van der Waals surface area (Å²) in [6.45, 7) is 4.00. The van der Waals surface area contributed by atoms with Crippen molar-refractivity contribution in [2.45, 2.75) is 30.0 Å². The molecule has 90 valence electrons. The monoisotopic (exact) mass is 245 g/mol. The van der Waals surface area contributed by atoms with Crippen LogP contribution >= 0.6 is 11.8 Å². The summed E-state index contributed by atoms with van der Waals surface area (Å²) in [6.07, 6.45) is 8.87. The van der Waals surface area contributed by atoms with Gasteiger partial charge in [-0.1, -0.05) is 50.3 Å². The van der Waals surface area contributed by atoms with Crippen molar-refractivity contribution in [1.82, 2.24) is 0 Å². The van der Waals surface area contributed by atoms with Crippen molar-refractivity contribution in [2.24, 2.45) is 0 Å². The molecule has 0 N–H and O–H groups in total. The third kappa shape index (κ3) is 2.27. The fraction of sp³-hybridized carbons (Fsp3) is 0.333. The third-order valence-corrected chi connectivity index (χ3v) is 4.32. The number of thioether (sulfide) groups is 1. The van der Waals surface area contributed by atoms with Crippen molar-refractivity contribution in [2.75, 3.05) is 11.9 Å². The topological polar surface area (TPSA) is 3.24 Å². The van der Waals surface area contributed by atoms with Crippen LogP contribution in [0.2, 0.25) is 0 Å². The lowest BCUT2D eigenvalue weighted by Gasteiger charge is -2.39. The van der Waals surface area contributed by atoms with Crippen LogP contribution in [0, 0.1) is 0 Å². The molecule has 1 nitrogen and oxygen atoms in total. The lowest BCUT2D eigenvalue weighted by Crippen LogP contribution is -2.41. The molecule has 2 unspecified atom stereocenters. The van der Waals surface area contributed by atoms with Gasteiger partial charge in [0.25, 0.3) is 0 Å². The van der Waals surface area contributed by atoms with E-state index in [1.54, 1.807) is 0 Å². The van der Waals surface area contributed by atoms with Gasteiger partial charge in [0.15, 0.2) is 0 Å². The van der Waals surface area contributed by atoms with Crippen molar-refractivity contribution in [1.29, 1.82) is 0 Å². The molecule has 2 aliphatic rings. The van der Waals surface area contributed by atoms with Crippen LogP contribution in [-0.4, -0.2) is 18.3 Å². The molecule has 17 heavy (non-hydrogen) atoms. The quantitative estimate of drug-likeness (QED) is 0.676. The highest BCUT2D eigenvalue weighted by atomic mass is 32.2. The number of rotatable bonds is 0. The molecule has 2 heteroatoms. The van der Waals surface area contributed by atoms with Crippen LogP contribution in [0.5, 0.6) is 0 Å². The van der Waals surface area contributed by atoms with Crippen LogP contribution in [0.1, 0.15) is 13.8 Å². The van der Waals surface area contributed by atoms with Gasteiger partial charge in [0.1, 0.15) is 0 Å². The molecule has 0 saturated carbocycles. The summed E-state index contributed by atoms with van der Waals surface area (Å²) in [5.41, 5.74) is 1.35. The molecule has 0 bridgehead atoms. The van der Waals surface area contributed by atoms with Crippen LogP contribution in [0.3, 0.4) is 0 Å². The molecule has 0 radical (unpaired) electrons. The maximum absolute atomic E-state index is 2.37. The fourth-order valence-electron chi connectivity index (χ4n) is 2.19. The van der Waals surface area contributed by atoms with E-state index in [1.165, 1.54) is 10.6 Å². The molecule has 0 amide bonds. The average molecular weight is 245 g/mol. The summed E-state index contributed by atoms with van der Waals surface area (Å²) in [5.74, 6) is 0. The number of fused-ring (bicyclic) bond motifs is 2. The molecule has 1 aliphatic heterocycles. The van der Waals surface area contributed by atoms with E-state index in [4.69, 9.17) is 0 Å². The molecule has 0 saturated heterocycles. The van der Waals surface area contributed by atoms with Gasteiger partial charge in [0, 0.05) is 11.9 Å². The van der Waals surface area contributed by atoms with E-state index < -0.39 is 0 Å². The minimum absolute atomic E-state index is 0.509. The van der Waals surface area contributed by atoms with E-state index in [-0.39, 0.29) is 0 Å². The number of nitrogens with zero attached hydrogens (tertiary/aromatic N) is 1. The van der Waals surface area contributed by atoms with Crippen molar-refractivity contribution in [3.63, 3.8) is 0 Å². The smallest absolute Gasteiger partial charge is 0.0630 e. The third-order valence-electron chi connectivity index (χ3n) is 3.01. The van der Waals surface area contributed by atoms with E-state index in [0.29, 0.717) is 11.3 Å². The van der Waals surface area contributed by atoms with E-state index in [1.807, 2.05) is 25.6 Å². The van der Waals surface area contributed by atoms with E-state index in [9.17, 15) is 0 Å². The maximum Gasteiger partial charge on any atom is 0.0630 e. The Hall–Kier alpha value is -1.15. The number of likely N-dealkylation sites (N-methyl/N-ethyl adjacent to an activating group) is 1. The van der Waals surface area contributed by atoms with Crippen molar-refractivity contribution in [3.05, 3.63) is 48.6 Å². The lowest BCUT2D eigenvalue weighted by atomic mass is 10.1. The highest BCUT2D eigenvalue weighted by Crippen LogP contribution is 2.42. The van der Waals surface area contributed by atoms with E-state index in [0.717, 1.165) is 0 Å². The van der Waals surface area contributed by atoms with Crippen molar-refractivity contribution < 1.29 is 0 Å². The summed E-state index contributed by atoms with van der Waals surface area (Å²) < 4.78 is 0. The molecular weight excluding hydrogens is 226 g/mol. The van der Waals surface area contributed by atoms with Gasteiger partial charge in [0.2, 0.25) is 0 Å². The van der Waals surface area contributed by atoms with Gasteiger partial charge in [-0.2, -0.15) is 0 Å². The Morgan fingerprint density at radius 1 is 1.06 bits per heavy atom. The number of allylic oxidation sites excluding steroid dienone is 2. The summed E-state index contributed by atoms with van der Waals surface area (Å²) in [6, 6.07) is 9.14. The van der Waals surface area contributed by atoms with Crippen LogP contribution in [0.25, 0.3) is 0 Å². The summed E-state index contributed by atoms with van der Waals surface area (Å²) >= 11 is 1.96. The zero-order valence-electron chi connectivity index (χ0n) is 10.6. The maximum atomic E-state index is 2.37. The second kappa shape index (κ2) is 5.46. The first kappa shape index (κ1) is 12.3. The zero-order chi connectivity index (χ0) is 12.3. The average Bonchev–Trinajstić information content (AvgIpc) is 2.41. The van der Waals surface area contributed by atoms with Gasteiger partial charge in [-0.3, -0.25) is 0 Å². The molecule has 1 aromatic rings. The Balaban J connectivity index is 0.000000514. The Bertz CT molecular complexity index is 436. The zero-order valence-corrected chi connectivity index (χ0v) is 11.4. The van der Waals surface area contributed by atoms with Crippen LogP contribution < -0.4 is 4.90 Å². The minimum Gasteiger partial charge on any atom is -0.366 e. The second-order valence-corrected chi connectivity index (χ2v) is 5.14. The molecule has 0 aromatic heterocycles.